The summed E-state index contributed by atoms with van der Waals surface area (Å²) in [6, 6.07) is 15.6. The molecule has 0 unspecified atom stereocenters. The first kappa shape index (κ1) is 16.5. The number of thioether (sulfide) groups is 1. The van der Waals surface area contributed by atoms with Gasteiger partial charge in [-0.2, -0.15) is 0 Å². The molecule has 0 bridgehead atoms. The van der Waals surface area contributed by atoms with E-state index in [0.717, 1.165) is 27.7 Å². The van der Waals surface area contributed by atoms with Gasteiger partial charge >= 0.3 is 0 Å². The highest BCUT2D eigenvalue weighted by Crippen LogP contribution is 2.25. The zero-order valence-corrected chi connectivity index (χ0v) is 15.2. The Hall–Kier alpha value is -2.93. The summed E-state index contributed by atoms with van der Waals surface area (Å²) >= 11 is 1.28. The quantitative estimate of drug-likeness (QED) is 0.537. The first-order chi connectivity index (χ1) is 12.6. The zero-order valence-electron chi connectivity index (χ0n) is 14.4. The van der Waals surface area contributed by atoms with Crippen LogP contribution in [-0.2, 0) is 4.79 Å². The van der Waals surface area contributed by atoms with Gasteiger partial charge in [-0.3, -0.25) is 4.79 Å². The summed E-state index contributed by atoms with van der Waals surface area (Å²) in [6.07, 6.45) is 0. The number of hydrogen-bond donors (Lipinski definition) is 2. The maximum absolute atomic E-state index is 12.4. The number of carbonyl (C=O) groups is 1. The van der Waals surface area contributed by atoms with E-state index in [0.29, 0.717) is 10.8 Å². The average Bonchev–Trinajstić information content (AvgIpc) is 2.99. The van der Waals surface area contributed by atoms with Gasteiger partial charge in [0, 0.05) is 16.6 Å². The molecule has 0 saturated carbocycles. The van der Waals surface area contributed by atoms with E-state index in [-0.39, 0.29) is 11.2 Å². The largest absolute Gasteiger partial charge is 0.338 e. The summed E-state index contributed by atoms with van der Waals surface area (Å²) in [6.45, 7) is 3.82. The van der Waals surface area contributed by atoms with E-state index in [9.17, 15) is 4.79 Å². The van der Waals surface area contributed by atoms with E-state index in [2.05, 4.69) is 25.5 Å². The second-order valence-corrected chi connectivity index (χ2v) is 7.39. The lowest BCUT2D eigenvalue weighted by molar-refractivity contribution is -0.115. The Balaban J connectivity index is 1.52. The molecule has 26 heavy (non-hydrogen) atoms. The molecule has 2 aromatic carbocycles. The lowest BCUT2D eigenvalue weighted by Crippen LogP contribution is -2.22. The van der Waals surface area contributed by atoms with Crippen molar-refractivity contribution < 1.29 is 4.79 Å². The lowest BCUT2D eigenvalue weighted by atomic mass is 10.2. The smallest absolute Gasteiger partial charge is 0.237 e. The second-order valence-electron chi connectivity index (χ2n) is 6.08. The SMILES string of the molecule is Cc1cccc(NC(=O)[C@@H](C)Sc2nnc3c(n2)[nH]c2ccccc23)c1. The number of anilines is 1. The first-order valence-corrected chi connectivity index (χ1v) is 9.13. The third-order valence-corrected chi connectivity index (χ3v) is 4.99. The van der Waals surface area contributed by atoms with Gasteiger partial charge in [0.15, 0.2) is 5.65 Å². The van der Waals surface area contributed by atoms with Crippen LogP contribution in [0.1, 0.15) is 12.5 Å². The van der Waals surface area contributed by atoms with E-state index in [4.69, 9.17) is 0 Å². The number of nitrogens with zero attached hydrogens (tertiary/aromatic N) is 3. The normalized spacial score (nSPS) is 12.4. The topological polar surface area (TPSA) is 83.6 Å². The van der Waals surface area contributed by atoms with Gasteiger partial charge in [-0.05, 0) is 37.6 Å². The molecule has 4 aromatic rings. The molecule has 4 rings (SSSR count). The average molecular weight is 363 g/mol. The third-order valence-electron chi connectivity index (χ3n) is 4.04. The van der Waals surface area contributed by atoms with Crippen LogP contribution in [0, 0.1) is 6.92 Å². The number of H-pyrrole nitrogens is 1. The fourth-order valence-corrected chi connectivity index (χ4v) is 3.45. The van der Waals surface area contributed by atoms with Crippen molar-refractivity contribution in [3.8, 4) is 0 Å². The number of amides is 1. The number of para-hydroxylation sites is 1. The number of nitrogens with one attached hydrogen (secondary N) is 2. The van der Waals surface area contributed by atoms with Crippen LogP contribution in [0.5, 0.6) is 0 Å². The van der Waals surface area contributed by atoms with Crippen LogP contribution in [0.3, 0.4) is 0 Å². The van der Waals surface area contributed by atoms with Crippen molar-refractivity contribution in [1.82, 2.24) is 20.2 Å². The maximum Gasteiger partial charge on any atom is 0.237 e. The summed E-state index contributed by atoms with van der Waals surface area (Å²) < 4.78 is 0. The Kier molecular flexibility index (Phi) is 4.30. The molecule has 0 fully saturated rings. The molecule has 0 radical (unpaired) electrons. The molecular weight excluding hydrogens is 346 g/mol. The third kappa shape index (κ3) is 3.25. The number of hydrogen-bond acceptors (Lipinski definition) is 5. The Morgan fingerprint density at radius 3 is 2.85 bits per heavy atom. The van der Waals surface area contributed by atoms with Gasteiger partial charge in [0.25, 0.3) is 0 Å². The Morgan fingerprint density at radius 1 is 1.15 bits per heavy atom. The number of rotatable bonds is 4. The van der Waals surface area contributed by atoms with E-state index < -0.39 is 0 Å². The van der Waals surface area contributed by atoms with Crippen LogP contribution >= 0.6 is 11.8 Å². The molecule has 0 aliphatic heterocycles. The van der Waals surface area contributed by atoms with Crippen molar-refractivity contribution in [3.05, 3.63) is 54.1 Å². The number of benzene rings is 2. The number of aryl methyl sites for hydroxylation is 1. The fraction of sp³-hybridized carbons (Fsp3) is 0.158. The summed E-state index contributed by atoms with van der Waals surface area (Å²) in [5, 5.41) is 12.5. The molecule has 7 heteroatoms. The zero-order chi connectivity index (χ0) is 18.1. The van der Waals surface area contributed by atoms with E-state index in [1.807, 2.05) is 62.4 Å². The van der Waals surface area contributed by atoms with Crippen molar-refractivity contribution in [2.45, 2.75) is 24.3 Å². The molecule has 1 atom stereocenters. The van der Waals surface area contributed by atoms with Gasteiger partial charge in [0.2, 0.25) is 11.1 Å². The van der Waals surface area contributed by atoms with E-state index in [1.165, 1.54) is 11.8 Å². The molecule has 2 N–H and O–H groups in total. The predicted molar refractivity (Wildman–Crippen MR) is 104 cm³/mol. The number of aromatic amines is 1. The Morgan fingerprint density at radius 2 is 2.00 bits per heavy atom. The molecule has 6 nitrogen and oxygen atoms in total. The summed E-state index contributed by atoms with van der Waals surface area (Å²) in [4.78, 5) is 20.2. The molecule has 0 aliphatic rings. The standard InChI is InChI=1S/C19H17N5OS/c1-11-6-5-7-13(10-11)20-18(25)12(2)26-19-22-17-16(23-24-19)14-8-3-4-9-15(14)21-17/h3-10,12H,1-2H3,(H,20,25)(H,21,22,24)/t12-/m1/s1. The van der Waals surface area contributed by atoms with Crippen LogP contribution in [-0.4, -0.2) is 31.3 Å². The van der Waals surface area contributed by atoms with Gasteiger partial charge in [-0.25, -0.2) is 4.98 Å². The molecule has 130 valence electrons. The molecule has 2 aromatic heterocycles. The van der Waals surface area contributed by atoms with E-state index >= 15 is 0 Å². The summed E-state index contributed by atoms with van der Waals surface area (Å²) in [7, 11) is 0. The van der Waals surface area contributed by atoms with Gasteiger partial charge in [0.1, 0.15) is 5.52 Å². The van der Waals surface area contributed by atoms with Crippen molar-refractivity contribution in [3.63, 3.8) is 0 Å². The minimum Gasteiger partial charge on any atom is -0.338 e. The van der Waals surface area contributed by atoms with Crippen molar-refractivity contribution >= 4 is 45.4 Å². The lowest BCUT2D eigenvalue weighted by Gasteiger charge is -2.11. The predicted octanol–water partition coefficient (Wildman–Crippen LogP) is 3.93. The molecular formula is C19H17N5OS. The maximum atomic E-state index is 12.4. The van der Waals surface area contributed by atoms with Gasteiger partial charge in [-0.15, -0.1) is 10.2 Å². The van der Waals surface area contributed by atoms with E-state index in [1.54, 1.807) is 0 Å². The minimum atomic E-state index is -0.348. The van der Waals surface area contributed by atoms with Crippen molar-refractivity contribution in [1.29, 1.82) is 0 Å². The molecule has 0 aliphatic carbocycles. The second kappa shape index (κ2) is 6.76. The van der Waals surface area contributed by atoms with Crippen LogP contribution in [0.25, 0.3) is 22.1 Å². The van der Waals surface area contributed by atoms with Gasteiger partial charge in [-0.1, -0.05) is 42.1 Å². The fourth-order valence-electron chi connectivity index (χ4n) is 2.73. The van der Waals surface area contributed by atoms with Crippen LogP contribution in [0.15, 0.2) is 53.7 Å². The molecule has 0 saturated heterocycles. The molecule has 2 heterocycles. The van der Waals surface area contributed by atoms with Crippen LogP contribution in [0.2, 0.25) is 0 Å². The molecule has 1 amide bonds. The minimum absolute atomic E-state index is 0.0963. The summed E-state index contributed by atoms with van der Waals surface area (Å²) in [5.41, 5.74) is 4.26. The number of aromatic nitrogens is 4. The van der Waals surface area contributed by atoms with Crippen molar-refractivity contribution in [2.24, 2.45) is 0 Å². The molecule has 0 spiro atoms. The first-order valence-electron chi connectivity index (χ1n) is 8.25. The number of fused-ring (bicyclic) bond motifs is 3. The monoisotopic (exact) mass is 363 g/mol. The van der Waals surface area contributed by atoms with Crippen LogP contribution in [0.4, 0.5) is 5.69 Å². The highest BCUT2D eigenvalue weighted by Gasteiger charge is 2.18. The van der Waals surface area contributed by atoms with Crippen LogP contribution < -0.4 is 5.32 Å². The van der Waals surface area contributed by atoms with Gasteiger partial charge < -0.3 is 10.3 Å². The number of carbonyl (C=O) groups excluding carboxylic acids is 1. The Bertz CT molecular complexity index is 1110. The van der Waals surface area contributed by atoms with Crippen molar-refractivity contribution in [2.75, 3.05) is 5.32 Å². The highest BCUT2D eigenvalue weighted by atomic mass is 32.2. The highest BCUT2D eigenvalue weighted by molar-refractivity contribution is 8.00. The Labute approximate surface area is 154 Å². The summed E-state index contributed by atoms with van der Waals surface area (Å²) in [5.74, 6) is -0.0963. The van der Waals surface area contributed by atoms with Gasteiger partial charge in [0.05, 0.1) is 5.25 Å².